The molecular weight excluding hydrogens is 274 g/mol. The predicted octanol–water partition coefficient (Wildman–Crippen LogP) is 1.71. The zero-order chi connectivity index (χ0) is 14.3. The third kappa shape index (κ3) is 2.35. The average molecular weight is 293 g/mol. The molecule has 0 bridgehead atoms. The number of carbonyl (C=O) groups excluding carboxylic acids is 1. The Morgan fingerprint density at radius 2 is 2.15 bits per heavy atom. The predicted molar refractivity (Wildman–Crippen MR) is 78.6 cm³/mol. The van der Waals surface area contributed by atoms with Gasteiger partial charge in [-0.2, -0.15) is 0 Å². The van der Waals surface area contributed by atoms with Crippen LogP contribution < -0.4 is 4.90 Å². The van der Waals surface area contributed by atoms with E-state index in [2.05, 4.69) is 6.07 Å². The average Bonchev–Trinajstić information content (AvgIpc) is 2.78. The molecule has 1 unspecified atom stereocenters. The number of carbonyl (C=O) groups is 1. The summed E-state index contributed by atoms with van der Waals surface area (Å²) < 4.78 is 23.1. The molecular formula is C15H19NO3S. The highest BCUT2D eigenvalue weighted by Gasteiger charge is 2.37. The zero-order valence-electron chi connectivity index (χ0n) is 11.6. The molecule has 3 rings (SSSR count). The van der Waals surface area contributed by atoms with Crippen molar-refractivity contribution < 1.29 is 13.2 Å². The summed E-state index contributed by atoms with van der Waals surface area (Å²) in [7, 11) is -3.01. The van der Waals surface area contributed by atoms with E-state index in [-0.39, 0.29) is 23.3 Å². The Morgan fingerprint density at radius 3 is 2.85 bits per heavy atom. The summed E-state index contributed by atoms with van der Waals surface area (Å²) in [5.41, 5.74) is 3.30. The molecule has 108 valence electrons. The van der Waals surface area contributed by atoms with E-state index in [0.29, 0.717) is 13.0 Å². The third-order valence-electron chi connectivity index (χ3n) is 4.27. The van der Waals surface area contributed by atoms with Crippen LogP contribution >= 0.6 is 0 Å². The molecule has 0 N–H and O–H groups in total. The van der Waals surface area contributed by atoms with Crippen LogP contribution in [0.3, 0.4) is 0 Å². The Morgan fingerprint density at radius 1 is 1.35 bits per heavy atom. The van der Waals surface area contributed by atoms with Crippen LogP contribution in [0.25, 0.3) is 0 Å². The highest BCUT2D eigenvalue weighted by Crippen LogP contribution is 2.33. The molecule has 4 nitrogen and oxygen atoms in total. The minimum absolute atomic E-state index is 0.0127. The molecule has 0 aliphatic carbocycles. The highest BCUT2D eigenvalue weighted by atomic mass is 32.2. The maximum Gasteiger partial charge on any atom is 0.231 e. The van der Waals surface area contributed by atoms with E-state index in [9.17, 15) is 13.2 Å². The van der Waals surface area contributed by atoms with Gasteiger partial charge in [0.1, 0.15) is 0 Å². The molecule has 0 spiro atoms. The molecule has 2 aliphatic heterocycles. The number of anilines is 1. The molecule has 20 heavy (non-hydrogen) atoms. The minimum Gasteiger partial charge on any atom is -0.312 e. The highest BCUT2D eigenvalue weighted by molar-refractivity contribution is 7.91. The molecule has 1 amide bonds. The zero-order valence-corrected chi connectivity index (χ0v) is 12.4. The Balaban J connectivity index is 1.91. The van der Waals surface area contributed by atoms with Gasteiger partial charge in [0.05, 0.1) is 17.4 Å². The number of nitrogens with zero attached hydrogens (tertiary/aromatic N) is 1. The van der Waals surface area contributed by atoms with Gasteiger partial charge >= 0.3 is 0 Å². The first kappa shape index (κ1) is 13.6. The summed E-state index contributed by atoms with van der Waals surface area (Å²) in [5.74, 6) is -0.201. The number of hydrogen-bond donors (Lipinski definition) is 0. The maximum absolute atomic E-state index is 12.7. The summed E-state index contributed by atoms with van der Waals surface area (Å²) in [6.45, 7) is 2.71. The van der Waals surface area contributed by atoms with E-state index in [4.69, 9.17) is 0 Å². The molecule has 0 aromatic heterocycles. The topological polar surface area (TPSA) is 54.5 Å². The molecule has 1 fully saturated rings. The van der Waals surface area contributed by atoms with Crippen LogP contribution in [0.2, 0.25) is 0 Å². The number of amides is 1. The van der Waals surface area contributed by atoms with Crippen molar-refractivity contribution >= 4 is 21.4 Å². The van der Waals surface area contributed by atoms with E-state index < -0.39 is 9.84 Å². The lowest BCUT2D eigenvalue weighted by Crippen LogP contribution is -2.40. The summed E-state index contributed by atoms with van der Waals surface area (Å²) in [6.07, 6.45) is 2.41. The summed E-state index contributed by atoms with van der Waals surface area (Å²) in [5, 5.41) is 0. The van der Waals surface area contributed by atoms with Crippen molar-refractivity contribution in [3.63, 3.8) is 0 Å². The van der Waals surface area contributed by atoms with Crippen molar-refractivity contribution in [3.8, 4) is 0 Å². The number of benzene rings is 1. The number of sulfone groups is 1. The van der Waals surface area contributed by atoms with Gasteiger partial charge in [-0.3, -0.25) is 4.79 Å². The van der Waals surface area contributed by atoms with Gasteiger partial charge in [-0.25, -0.2) is 8.42 Å². The Labute approximate surface area is 119 Å². The third-order valence-corrected chi connectivity index (χ3v) is 6.03. The molecule has 0 radical (unpaired) electrons. The van der Waals surface area contributed by atoms with Crippen LogP contribution in [0.15, 0.2) is 18.2 Å². The smallest absolute Gasteiger partial charge is 0.231 e. The maximum atomic E-state index is 12.7. The SMILES string of the molecule is Cc1cccc2c1N(C(=O)C1CCS(=O)(=O)C1)CCC2. The molecule has 0 saturated carbocycles. The molecule has 2 aliphatic rings. The second kappa shape index (κ2) is 4.88. The Kier molecular flexibility index (Phi) is 3.32. The Hall–Kier alpha value is -1.36. The van der Waals surface area contributed by atoms with Crippen LogP contribution in [-0.4, -0.2) is 32.4 Å². The lowest BCUT2D eigenvalue weighted by molar-refractivity contribution is -0.121. The molecule has 2 heterocycles. The molecule has 1 atom stereocenters. The fraction of sp³-hybridized carbons (Fsp3) is 0.533. The van der Waals surface area contributed by atoms with Crippen molar-refractivity contribution in [2.24, 2.45) is 5.92 Å². The fourth-order valence-electron chi connectivity index (χ4n) is 3.28. The number of fused-ring (bicyclic) bond motifs is 1. The van der Waals surface area contributed by atoms with Crippen LogP contribution in [0.1, 0.15) is 24.0 Å². The standard InChI is InChI=1S/C15H19NO3S/c1-11-4-2-5-12-6-3-8-16(14(11)12)15(17)13-7-9-20(18,19)10-13/h2,4-5,13H,3,6-10H2,1H3. The number of rotatable bonds is 1. The van der Waals surface area contributed by atoms with E-state index in [1.54, 1.807) is 0 Å². The normalized spacial score (nSPS) is 24.4. The van der Waals surface area contributed by atoms with Gasteiger partial charge in [0.2, 0.25) is 5.91 Å². The molecule has 1 aromatic carbocycles. The van der Waals surface area contributed by atoms with Crippen LogP contribution in [0.4, 0.5) is 5.69 Å². The first-order chi connectivity index (χ1) is 9.48. The van der Waals surface area contributed by atoms with Gasteiger partial charge in [-0.05, 0) is 37.3 Å². The van der Waals surface area contributed by atoms with Crippen LogP contribution in [0.5, 0.6) is 0 Å². The van der Waals surface area contributed by atoms with Gasteiger partial charge in [0, 0.05) is 12.2 Å². The Bertz CT molecular complexity index is 651. The van der Waals surface area contributed by atoms with Crippen molar-refractivity contribution in [2.75, 3.05) is 23.0 Å². The van der Waals surface area contributed by atoms with Crippen LogP contribution in [-0.2, 0) is 21.1 Å². The van der Waals surface area contributed by atoms with Gasteiger partial charge in [0.15, 0.2) is 9.84 Å². The second-order valence-corrected chi connectivity index (χ2v) is 8.00. The number of hydrogen-bond acceptors (Lipinski definition) is 3. The number of para-hydroxylation sites is 1. The van der Waals surface area contributed by atoms with E-state index in [0.717, 1.165) is 24.1 Å². The van der Waals surface area contributed by atoms with Crippen molar-refractivity contribution in [1.82, 2.24) is 0 Å². The molecule has 1 aromatic rings. The van der Waals surface area contributed by atoms with Crippen molar-refractivity contribution in [3.05, 3.63) is 29.3 Å². The molecule has 5 heteroatoms. The van der Waals surface area contributed by atoms with Gasteiger partial charge < -0.3 is 4.90 Å². The molecule has 1 saturated heterocycles. The quantitative estimate of drug-likeness (QED) is 0.792. The summed E-state index contributed by atoms with van der Waals surface area (Å²) >= 11 is 0. The minimum atomic E-state index is -3.01. The first-order valence-electron chi connectivity index (χ1n) is 7.08. The second-order valence-electron chi connectivity index (χ2n) is 5.78. The van der Waals surface area contributed by atoms with E-state index in [1.165, 1.54) is 5.56 Å². The van der Waals surface area contributed by atoms with Gasteiger partial charge in [0.25, 0.3) is 0 Å². The van der Waals surface area contributed by atoms with Crippen LogP contribution in [0, 0.1) is 12.8 Å². The summed E-state index contributed by atoms with van der Waals surface area (Å²) in [4.78, 5) is 14.5. The summed E-state index contributed by atoms with van der Waals surface area (Å²) in [6, 6.07) is 6.09. The number of aryl methyl sites for hydroxylation is 2. The monoisotopic (exact) mass is 293 g/mol. The van der Waals surface area contributed by atoms with E-state index >= 15 is 0 Å². The van der Waals surface area contributed by atoms with E-state index in [1.807, 2.05) is 24.0 Å². The lowest BCUT2D eigenvalue weighted by Gasteiger charge is -2.32. The van der Waals surface area contributed by atoms with Gasteiger partial charge in [-0.1, -0.05) is 18.2 Å². The van der Waals surface area contributed by atoms with Crippen molar-refractivity contribution in [1.29, 1.82) is 0 Å². The first-order valence-corrected chi connectivity index (χ1v) is 8.90. The fourth-order valence-corrected chi connectivity index (χ4v) is 5.01. The largest absolute Gasteiger partial charge is 0.312 e. The van der Waals surface area contributed by atoms with Crippen molar-refractivity contribution in [2.45, 2.75) is 26.2 Å². The van der Waals surface area contributed by atoms with Gasteiger partial charge in [-0.15, -0.1) is 0 Å². The lowest BCUT2D eigenvalue weighted by atomic mass is 9.96.